The molecule has 0 radical (unpaired) electrons. The average molecular weight is 184 g/mol. The van der Waals surface area contributed by atoms with Crippen LogP contribution in [-0.4, -0.2) is 19.0 Å². The van der Waals surface area contributed by atoms with Gasteiger partial charge in [-0.15, -0.1) is 0 Å². The van der Waals surface area contributed by atoms with Gasteiger partial charge in [-0.3, -0.25) is 0 Å². The van der Waals surface area contributed by atoms with E-state index in [9.17, 15) is 0 Å². The third-order valence-corrected chi connectivity index (χ3v) is 2.38. The van der Waals surface area contributed by atoms with Crippen LogP contribution in [0, 0.1) is 0 Å². The Bertz CT molecular complexity index is 175. The van der Waals surface area contributed by atoms with Gasteiger partial charge in [0, 0.05) is 6.61 Å². The standard InChI is InChI=1S/C11H20O2/c1-4-12-10(3)13-11-7-5-9(2)6-8-11/h5,10-11H,4,6-8H2,1-3H3. The van der Waals surface area contributed by atoms with Gasteiger partial charge in [0.2, 0.25) is 0 Å². The zero-order valence-corrected chi connectivity index (χ0v) is 8.88. The molecule has 76 valence electrons. The van der Waals surface area contributed by atoms with E-state index in [-0.39, 0.29) is 6.29 Å². The maximum absolute atomic E-state index is 5.71. The summed E-state index contributed by atoms with van der Waals surface area (Å²) in [5.74, 6) is 0. The van der Waals surface area contributed by atoms with Crippen LogP contribution in [0.1, 0.15) is 40.0 Å². The smallest absolute Gasteiger partial charge is 0.155 e. The van der Waals surface area contributed by atoms with E-state index in [1.165, 1.54) is 12.0 Å². The summed E-state index contributed by atoms with van der Waals surface area (Å²) >= 11 is 0. The molecule has 2 heteroatoms. The van der Waals surface area contributed by atoms with Gasteiger partial charge in [-0.2, -0.15) is 0 Å². The maximum atomic E-state index is 5.71. The first-order chi connectivity index (χ1) is 6.22. The fourth-order valence-corrected chi connectivity index (χ4v) is 1.61. The molecular formula is C11H20O2. The molecular weight excluding hydrogens is 164 g/mol. The van der Waals surface area contributed by atoms with E-state index in [2.05, 4.69) is 13.0 Å². The minimum absolute atomic E-state index is 0.0539. The van der Waals surface area contributed by atoms with E-state index in [4.69, 9.17) is 9.47 Å². The van der Waals surface area contributed by atoms with Gasteiger partial charge in [0.15, 0.2) is 6.29 Å². The molecule has 0 aromatic rings. The summed E-state index contributed by atoms with van der Waals surface area (Å²) in [5, 5.41) is 0. The Kier molecular flexibility index (Phi) is 4.46. The third kappa shape index (κ3) is 3.92. The molecule has 1 aliphatic carbocycles. The summed E-state index contributed by atoms with van der Waals surface area (Å²) in [4.78, 5) is 0. The molecule has 2 atom stereocenters. The molecule has 0 bridgehead atoms. The minimum atomic E-state index is -0.0539. The number of ether oxygens (including phenoxy) is 2. The Balaban J connectivity index is 2.23. The van der Waals surface area contributed by atoms with Crippen LogP contribution >= 0.6 is 0 Å². The molecule has 1 rings (SSSR count). The molecule has 13 heavy (non-hydrogen) atoms. The molecule has 0 saturated carbocycles. The van der Waals surface area contributed by atoms with Crippen LogP contribution in [0.2, 0.25) is 0 Å². The lowest BCUT2D eigenvalue weighted by Crippen LogP contribution is -2.23. The van der Waals surface area contributed by atoms with Crippen molar-refractivity contribution in [1.29, 1.82) is 0 Å². The van der Waals surface area contributed by atoms with E-state index in [0.29, 0.717) is 6.10 Å². The minimum Gasteiger partial charge on any atom is -0.353 e. The Morgan fingerprint density at radius 3 is 2.92 bits per heavy atom. The molecule has 0 heterocycles. The van der Waals surface area contributed by atoms with Crippen LogP contribution in [0.4, 0.5) is 0 Å². The van der Waals surface area contributed by atoms with E-state index in [1.807, 2.05) is 13.8 Å². The summed E-state index contributed by atoms with van der Waals surface area (Å²) in [5.41, 5.74) is 1.49. The topological polar surface area (TPSA) is 18.5 Å². The molecule has 0 saturated heterocycles. The predicted molar refractivity (Wildman–Crippen MR) is 53.6 cm³/mol. The van der Waals surface area contributed by atoms with Gasteiger partial charge >= 0.3 is 0 Å². The maximum Gasteiger partial charge on any atom is 0.155 e. The second-order valence-corrected chi connectivity index (χ2v) is 3.61. The summed E-state index contributed by atoms with van der Waals surface area (Å²) in [6.07, 6.45) is 5.94. The Morgan fingerprint density at radius 2 is 2.38 bits per heavy atom. The Labute approximate surface area is 80.9 Å². The fourth-order valence-electron chi connectivity index (χ4n) is 1.61. The van der Waals surface area contributed by atoms with Crippen molar-refractivity contribution < 1.29 is 9.47 Å². The van der Waals surface area contributed by atoms with Gasteiger partial charge in [0.05, 0.1) is 6.10 Å². The molecule has 0 aromatic heterocycles. The molecule has 0 fully saturated rings. The van der Waals surface area contributed by atoms with Crippen molar-refractivity contribution in [2.75, 3.05) is 6.61 Å². The first-order valence-electron chi connectivity index (χ1n) is 5.15. The van der Waals surface area contributed by atoms with Gasteiger partial charge in [0.1, 0.15) is 0 Å². The van der Waals surface area contributed by atoms with E-state index in [1.54, 1.807) is 0 Å². The molecule has 1 aliphatic rings. The first kappa shape index (κ1) is 10.7. The highest BCUT2D eigenvalue weighted by molar-refractivity contribution is 5.03. The van der Waals surface area contributed by atoms with Crippen molar-refractivity contribution in [2.45, 2.75) is 52.4 Å². The zero-order valence-electron chi connectivity index (χ0n) is 8.88. The summed E-state index contributed by atoms with van der Waals surface area (Å²) in [6, 6.07) is 0. The molecule has 2 unspecified atom stereocenters. The van der Waals surface area contributed by atoms with E-state index >= 15 is 0 Å². The average Bonchev–Trinajstić information content (AvgIpc) is 2.09. The van der Waals surface area contributed by atoms with Crippen LogP contribution < -0.4 is 0 Å². The van der Waals surface area contributed by atoms with Gasteiger partial charge in [-0.25, -0.2) is 0 Å². The summed E-state index contributed by atoms with van der Waals surface area (Å²) in [7, 11) is 0. The van der Waals surface area contributed by atoms with Crippen molar-refractivity contribution in [1.82, 2.24) is 0 Å². The second kappa shape index (κ2) is 5.40. The highest BCUT2D eigenvalue weighted by Crippen LogP contribution is 2.21. The fraction of sp³-hybridized carbons (Fsp3) is 0.818. The number of rotatable bonds is 4. The lowest BCUT2D eigenvalue weighted by molar-refractivity contribution is -0.158. The predicted octanol–water partition coefficient (Wildman–Crippen LogP) is 2.88. The first-order valence-corrected chi connectivity index (χ1v) is 5.15. The molecule has 0 aliphatic heterocycles. The lowest BCUT2D eigenvalue weighted by atomic mass is 9.98. The van der Waals surface area contributed by atoms with E-state index < -0.39 is 0 Å². The largest absolute Gasteiger partial charge is 0.353 e. The summed E-state index contributed by atoms with van der Waals surface area (Å²) < 4.78 is 11.0. The molecule has 0 amide bonds. The summed E-state index contributed by atoms with van der Waals surface area (Å²) in [6.45, 7) is 6.87. The monoisotopic (exact) mass is 184 g/mol. The second-order valence-electron chi connectivity index (χ2n) is 3.61. The number of allylic oxidation sites excluding steroid dienone is 1. The van der Waals surface area contributed by atoms with Crippen molar-refractivity contribution in [2.24, 2.45) is 0 Å². The van der Waals surface area contributed by atoms with Gasteiger partial charge in [-0.1, -0.05) is 11.6 Å². The van der Waals surface area contributed by atoms with Crippen LogP contribution in [0.5, 0.6) is 0 Å². The van der Waals surface area contributed by atoms with Gasteiger partial charge in [0.25, 0.3) is 0 Å². The highest BCUT2D eigenvalue weighted by atomic mass is 16.7. The van der Waals surface area contributed by atoms with Crippen LogP contribution in [-0.2, 0) is 9.47 Å². The molecule has 0 aromatic carbocycles. The number of hydrogen-bond acceptors (Lipinski definition) is 2. The van der Waals surface area contributed by atoms with E-state index in [0.717, 1.165) is 19.4 Å². The van der Waals surface area contributed by atoms with Crippen LogP contribution in [0.15, 0.2) is 11.6 Å². The van der Waals surface area contributed by atoms with Crippen LogP contribution in [0.25, 0.3) is 0 Å². The van der Waals surface area contributed by atoms with Crippen molar-refractivity contribution in [3.8, 4) is 0 Å². The number of hydrogen-bond donors (Lipinski definition) is 0. The zero-order chi connectivity index (χ0) is 9.68. The van der Waals surface area contributed by atoms with Gasteiger partial charge in [-0.05, 0) is 40.0 Å². The van der Waals surface area contributed by atoms with Crippen molar-refractivity contribution in [3.63, 3.8) is 0 Å². The normalized spacial score (nSPS) is 25.5. The van der Waals surface area contributed by atoms with Crippen LogP contribution in [0.3, 0.4) is 0 Å². The quantitative estimate of drug-likeness (QED) is 0.494. The van der Waals surface area contributed by atoms with Crippen molar-refractivity contribution >= 4 is 0 Å². The molecule has 2 nitrogen and oxygen atoms in total. The molecule has 0 N–H and O–H groups in total. The SMILES string of the molecule is CCOC(C)OC1CC=C(C)CC1. The van der Waals surface area contributed by atoms with Crippen molar-refractivity contribution in [3.05, 3.63) is 11.6 Å². The highest BCUT2D eigenvalue weighted by Gasteiger charge is 2.15. The Hall–Kier alpha value is -0.340. The lowest BCUT2D eigenvalue weighted by Gasteiger charge is -2.24. The van der Waals surface area contributed by atoms with Gasteiger partial charge < -0.3 is 9.47 Å². The Morgan fingerprint density at radius 1 is 1.62 bits per heavy atom. The third-order valence-electron chi connectivity index (χ3n) is 2.38. The molecule has 0 spiro atoms.